The number of nitrogens with one attached hydrogen (secondary N) is 2. The second-order valence-electron chi connectivity index (χ2n) is 5.44. The third kappa shape index (κ3) is 3.81. The Bertz CT molecular complexity index is 659. The zero-order valence-corrected chi connectivity index (χ0v) is 13.5. The van der Waals surface area contributed by atoms with Crippen LogP contribution >= 0.6 is 0 Å². The van der Waals surface area contributed by atoms with Gasteiger partial charge in [-0.2, -0.15) is 0 Å². The molecule has 0 aliphatic rings. The number of hydrogen-bond donors (Lipinski definition) is 2. The van der Waals surface area contributed by atoms with Crippen LogP contribution in [0.15, 0.2) is 24.5 Å². The lowest BCUT2D eigenvalue weighted by Gasteiger charge is -2.13. The molecule has 1 aromatic carbocycles. The van der Waals surface area contributed by atoms with Crippen molar-refractivity contribution >= 4 is 17.4 Å². The number of carbonyl (C=O) groups is 1. The predicted octanol–water partition coefficient (Wildman–Crippen LogP) is 3.48. The summed E-state index contributed by atoms with van der Waals surface area (Å²) in [5.41, 5.74) is 4.47. The number of nitrogens with zero attached hydrogens (tertiary/aromatic N) is 2. The summed E-state index contributed by atoms with van der Waals surface area (Å²) in [4.78, 5) is 20.6. The Morgan fingerprint density at radius 1 is 1.09 bits per heavy atom. The summed E-state index contributed by atoms with van der Waals surface area (Å²) in [5, 5.41) is 6.10. The summed E-state index contributed by atoms with van der Waals surface area (Å²) >= 11 is 0. The Kier molecular flexibility index (Phi) is 5.09. The van der Waals surface area contributed by atoms with Gasteiger partial charge in [-0.3, -0.25) is 4.79 Å². The van der Waals surface area contributed by atoms with Crippen LogP contribution < -0.4 is 10.6 Å². The molecule has 0 fully saturated rings. The van der Waals surface area contributed by atoms with E-state index in [0.717, 1.165) is 29.8 Å². The lowest BCUT2D eigenvalue weighted by Crippen LogP contribution is -2.16. The fourth-order valence-electron chi connectivity index (χ4n) is 2.39. The average molecular weight is 298 g/mol. The van der Waals surface area contributed by atoms with Crippen molar-refractivity contribution in [1.29, 1.82) is 0 Å². The van der Waals surface area contributed by atoms with Crippen molar-refractivity contribution in [1.82, 2.24) is 9.97 Å². The zero-order chi connectivity index (χ0) is 16.1. The van der Waals surface area contributed by atoms with Gasteiger partial charge in [0.05, 0.1) is 0 Å². The van der Waals surface area contributed by atoms with Gasteiger partial charge in [-0.25, -0.2) is 9.97 Å². The van der Waals surface area contributed by atoms with Crippen LogP contribution in [0, 0.1) is 20.8 Å². The summed E-state index contributed by atoms with van der Waals surface area (Å²) in [7, 11) is 0. The Morgan fingerprint density at radius 2 is 1.77 bits per heavy atom. The van der Waals surface area contributed by atoms with Gasteiger partial charge in [-0.15, -0.1) is 0 Å². The minimum absolute atomic E-state index is 0.225. The largest absolute Gasteiger partial charge is 0.370 e. The van der Waals surface area contributed by atoms with Crippen molar-refractivity contribution in [3.63, 3.8) is 0 Å². The highest BCUT2D eigenvalue weighted by atomic mass is 16.1. The Labute approximate surface area is 131 Å². The van der Waals surface area contributed by atoms with Gasteiger partial charge in [0.15, 0.2) is 0 Å². The zero-order valence-electron chi connectivity index (χ0n) is 13.5. The fourth-order valence-corrected chi connectivity index (χ4v) is 2.39. The second kappa shape index (κ2) is 7.02. The van der Waals surface area contributed by atoms with Crippen LogP contribution in [0.3, 0.4) is 0 Å². The number of rotatable bonds is 5. The van der Waals surface area contributed by atoms with E-state index < -0.39 is 0 Å². The predicted molar refractivity (Wildman–Crippen MR) is 89.4 cm³/mol. The molecular weight excluding hydrogens is 276 g/mol. The molecule has 0 radical (unpaired) electrons. The maximum Gasteiger partial charge on any atom is 0.274 e. The normalized spacial score (nSPS) is 10.4. The standard InChI is InChI=1S/C17H22N4O/c1-5-6-18-15-9-14(19-10-20-15)17(22)21-16-12(3)7-11(2)8-13(16)4/h7-10H,5-6H2,1-4H3,(H,21,22)(H,18,19,20). The van der Waals surface area contributed by atoms with Gasteiger partial charge in [0.2, 0.25) is 0 Å². The SMILES string of the molecule is CCCNc1cc(C(=O)Nc2c(C)cc(C)cc2C)ncn1. The minimum atomic E-state index is -0.225. The Hall–Kier alpha value is -2.43. The summed E-state index contributed by atoms with van der Waals surface area (Å²) in [6.45, 7) is 8.91. The smallest absolute Gasteiger partial charge is 0.274 e. The third-order valence-corrected chi connectivity index (χ3v) is 3.37. The molecule has 1 amide bonds. The highest BCUT2D eigenvalue weighted by Gasteiger charge is 2.12. The first-order valence-electron chi connectivity index (χ1n) is 7.46. The van der Waals surface area contributed by atoms with E-state index in [1.165, 1.54) is 11.9 Å². The number of aromatic nitrogens is 2. The van der Waals surface area contributed by atoms with Crippen molar-refractivity contribution in [3.8, 4) is 0 Å². The third-order valence-electron chi connectivity index (χ3n) is 3.37. The number of benzene rings is 1. The van der Waals surface area contributed by atoms with E-state index in [9.17, 15) is 4.79 Å². The highest BCUT2D eigenvalue weighted by molar-refractivity contribution is 6.04. The molecule has 2 N–H and O–H groups in total. The van der Waals surface area contributed by atoms with Crippen LogP contribution in [0.2, 0.25) is 0 Å². The van der Waals surface area contributed by atoms with E-state index in [1.54, 1.807) is 6.07 Å². The highest BCUT2D eigenvalue weighted by Crippen LogP contribution is 2.22. The molecule has 2 aromatic rings. The van der Waals surface area contributed by atoms with Crippen LogP contribution in [0.25, 0.3) is 0 Å². The van der Waals surface area contributed by atoms with Crippen LogP contribution in [0.1, 0.15) is 40.5 Å². The van der Waals surface area contributed by atoms with Crippen LogP contribution in [-0.4, -0.2) is 22.4 Å². The van der Waals surface area contributed by atoms with Gasteiger partial charge in [-0.1, -0.05) is 24.6 Å². The molecule has 22 heavy (non-hydrogen) atoms. The summed E-state index contributed by atoms with van der Waals surface area (Å²) in [6, 6.07) is 5.78. The molecule has 0 aliphatic heterocycles. The lowest BCUT2D eigenvalue weighted by atomic mass is 10.1. The monoisotopic (exact) mass is 298 g/mol. The number of carbonyl (C=O) groups excluding carboxylic acids is 1. The van der Waals surface area contributed by atoms with Crippen molar-refractivity contribution in [3.05, 3.63) is 46.9 Å². The topological polar surface area (TPSA) is 66.9 Å². The van der Waals surface area contributed by atoms with Gasteiger partial charge in [0, 0.05) is 18.3 Å². The fraction of sp³-hybridized carbons (Fsp3) is 0.353. The maximum atomic E-state index is 12.4. The lowest BCUT2D eigenvalue weighted by molar-refractivity contribution is 0.102. The molecule has 5 nitrogen and oxygen atoms in total. The number of amides is 1. The second-order valence-corrected chi connectivity index (χ2v) is 5.44. The van der Waals surface area contributed by atoms with Crippen LogP contribution in [-0.2, 0) is 0 Å². The molecule has 0 bridgehead atoms. The molecule has 0 spiro atoms. The first-order chi connectivity index (χ1) is 10.5. The number of aryl methyl sites for hydroxylation is 3. The van der Waals surface area contributed by atoms with Gasteiger partial charge >= 0.3 is 0 Å². The number of hydrogen-bond acceptors (Lipinski definition) is 4. The van der Waals surface area contributed by atoms with Crippen molar-refractivity contribution < 1.29 is 4.79 Å². The molecule has 1 aromatic heterocycles. The van der Waals surface area contributed by atoms with Gasteiger partial charge in [0.25, 0.3) is 5.91 Å². The molecule has 1 heterocycles. The molecule has 0 atom stereocenters. The molecule has 0 aliphatic carbocycles. The van der Waals surface area contributed by atoms with Gasteiger partial charge in [-0.05, 0) is 38.3 Å². The van der Waals surface area contributed by atoms with Gasteiger partial charge < -0.3 is 10.6 Å². The quantitative estimate of drug-likeness (QED) is 0.887. The molecule has 2 rings (SSSR count). The molecule has 5 heteroatoms. The van der Waals surface area contributed by atoms with Gasteiger partial charge in [0.1, 0.15) is 17.8 Å². The molecule has 0 unspecified atom stereocenters. The molecule has 0 saturated carbocycles. The van der Waals surface area contributed by atoms with E-state index in [2.05, 4.69) is 39.7 Å². The first-order valence-corrected chi connectivity index (χ1v) is 7.46. The number of anilines is 2. The van der Waals surface area contributed by atoms with E-state index in [-0.39, 0.29) is 5.91 Å². The minimum Gasteiger partial charge on any atom is -0.370 e. The van der Waals surface area contributed by atoms with Crippen molar-refractivity contribution in [2.45, 2.75) is 34.1 Å². The molecule has 116 valence electrons. The van der Waals surface area contributed by atoms with E-state index in [0.29, 0.717) is 11.5 Å². The molecule has 0 saturated heterocycles. The maximum absolute atomic E-state index is 12.4. The summed E-state index contributed by atoms with van der Waals surface area (Å²) in [6.07, 6.45) is 2.40. The molecular formula is C17H22N4O. The van der Waals surface area contributed by atoms with Crippen molar-refractivity contribution in [2.75, 3.05) is 17.2 Å². The van der Waals surface area contributed by atoms with E-state index >= 15 is 0 Å². The Balaban J connectivity index is 2.19. The van der Waals surface area contributed by atoms with Crippen LogP contribution in [0.5, 0.6) is 0 Å². The van der Waals surface area contributed by atoms with E-state index in [1.807, 2.05) is 20.8 Å². The van der Waals surface area contributed by atoms with E-state index in [4.69, 9.17) is 0 Å². The summed E-state index contributed by atoms with van der Waals surface area (Å²) < 4.78 is 0. The summed E-state index contributed by atoms with van der Waals surface area (Å²) in [5.74, 6) is 0.441. The first kappa shape index (κ1) is 15.9. The van der Waals surface area contributed by atoms with Crippen LogP contribution in [0.4, 0.5) is 11.5 Å². The average Bonchev–Trinajstić information content (AvgIpc) is 2.49. The Morgan fingerprint density at radius 3 is 2.41 bits per heavy atom. The van der Waals surface area contributed by atoms with Crippen molar-refractivity contribution in [2.24, 2.45) is 0 Å².